The van der Waals surface area contributed by atoms with E-state index in [1.807, 2.05) is 13.8 Å². The molecule has 1 atom stereocenters. The first-order chi connectivity index (χ1) is 5.43. The summed E-state index contributed by atoms with van der Waals surface area (Å²) < 4.78 is 1.32. The average Bonchev–Trinajstić information content (AvgIpc) is 2.30. The predicted molar refractivity (Wildman–Crippen MR) is 49.0 cm³/mol. The van der Waals surface area contributed by atoms with Gasteiger partial charge in [0.15, 0.2) is 7.85 Å². The third-order valence-corrected chi connectivity index (χ3v) is 1.66. The summed E-state index contributed by atoms with van der Waals surface area (Å²) in [6.45, 7) is 3.86. The monoisotopic (exact) mass is 183 g/mol. The van der Waals surface area contributed by atoms with E-state index in [1.165, 1.54) is 10.9 Å². The number of thiol groups is 1. The summed E-state index contributed by atoms with van der Waals surface area (Å²) in [6, 6.07) is 0. The van der Waals surface area contributed by atoms with Crippen molar-refractivity contribution >= 4 is 20.5 Å². The van der Waals surface area contributed by atoms with Gasteiger partial charge in [-0.05, 0) is 0 Å². The predicted octanol–water partition coefficient (Wildman–Crippen LogP) is 0.0599. The molecule has 0 bridgehead atoms. The fourth-order valence-corrected chi connectivity index (χ4v) is 1.05. The zero-order valence-corrected chi connectivity index (χ0v) is 7.86. The van der Waals surface area contributed by atoms with E-state index in [9.17, 15) is 5.11 Å². The highest BCUT2D eigenvalue weighted by Gasteiger charge is 2.21. The molecule has 0 fully saturated rings. The third-order valence-electron chi connectivity index (χ3n) is 1.45. The molecule has 0 aromatic carbocycles. The number of aliphatic hydroxyl groups is 1. The van der Waals surface area contributed by atoms with Gasteiger partial charge in [0.05, 0.1) is 0 Å². The molecule has 2 radical (unpaired) electrons. The molecule has 4 nitrogen and oxygen atoms in total. The summed E-state index contributed by atoms with van der Waals surface area (Å²) in [5.74, 6) is 0.754. The summed E-state index contributed by atoms with van der Waals surface area (Å²) in [7, 11) is 5.34. The van der Waals surface area contributed by atoms with E-state index in [2.05, 4.69) is 22.8 Å². The second-order valence-electron chi connectivity index (χ2n) is 2.90. The number of aromatic nitrogens is 3. The van der Waals surface area contributed by atoms with Crippen molar-refractivity contribution in [1.82, 2.24) is 14.8 Å². The molecule has 0 aliphatic heterocycles. The third kappa shape index (κ3) is 1.81. The normalized spacial score (nSPS) is 16.4. The highest BCUT2D eigenvalue weighted by atomic mass is 32.1. The maximum Gasteiger partial charge on any atom is 0.160 e. The lowest BCUT2D eigenvalue weighted by molar-refractivity contribution is 0.148. The lowest BCUT2D eigenvalue weighted by atomic mass is 10.1. The van der Waals surface area contributed by atoms with Gasteiger partial charge in [0.25, 0.3) is 0 Å². The quantitative estimate of drug-likeness (QED) is 0.387. The standard InChI is InChI=1S/C6H10BN3OS/c1-4(2)5-9-8-3-10(5)6(7,11)12/h3-4,11-12H,1-2H3. The molecule has 1 N–H and O–H groups in total. The second kappa shape index (κ2) is 3.10. The van der Waals surface area contributed by atoms with Gasteiger partial charge in [-0.25, -0.2) is 0 Å². The Labute approximate surface area is 77.8 Å². The van der Waals surface area contributed by atoms with Crippen molar-refractivity contribution in [2.45, 2.75) is 24.7 Å². The molecule has 1 aromatic heterocycles. The Kier molecular flexibility index (Phi) is 2.48. The largest absolute Gasteiger partial charge is 0.371 e. The molecule has 0 aliphatic carbocycles. The van der Waals surface area contributed by atoms with Gasteiger partial charge in [0, 0.05) is 5.92 Å². The van der Waals surface area contributed by atoms with Gasteiger partial charge in [-0.15, -0.1) is 22.8 Å². The summed E-state index contributed by atoms with van der Waals surface area (Å²) >= 11 is 3.79. The van der Waals surface area contributed by atoms with E-state index in [-0.39, 0.29) is 5.92 Å². The van der Waals surface area contributed by atoms with Gasteiger partial charge < -0.3 is 5.11 Å². The number of rotatable bonds is 2. The Morgan fingerprint density at radius 1 is 1.75 bits per heavy atom. The van der Waals surface area contributed by atoms with Crippen LogP contribution >= 0.6 is 12.6 Å². The maximum atomic E-state index is 9.33. The van der Waals surface area contributed by atoms with Crippen LogP contribution in [-0.4, -0.2) is 27.7 Å². The summed E-state index contributed by atoms with van der Waals surface area (Å²) in [5.41, 5.74) is 0. The van der Waals surface area contributed by atoms with Crippen molar-refractivity contribution in [3.8, 4) is 0 Å². The average molecular weight is 183 g/mol. The maximum absolute atomic E-state index is 9.33. The van der Waals surface area contributed by atoms with Crippen molar-refractivity contribution in [3.63, 3.8) is 0 Å². The number of nitrogens with zero attached hydrogens (tertiary/aromatic N) is 3. The molecule has 1 heterocycles. The van der Waals surface area contributed by atoms with E-state index < -0.39 is 4.96 Å². The van der Waals surface area contributed by atoms with Crippen LogP contribution in [0.1, 0.15) is 25.6 Å². The van der Waals surface area contributed by atoms with Crippen molar-refractivity contribution in [1.29, 1.82) is 0 Å². The second-order valence-corrected chi connectivity index (χ2v) is 3.56. The van der Waals surface area contributed by atoms with E-state index in [4.69, 9.17) is 7.85 Å². The van der Waals surface area contributed by atoms with Gasteiger partial charge in [0.1, 0.15) is 17.1 Å². The van der Waals surface area contributed by atoms with E-state index >= 15 is 0 Å². The molecule has 0 aliphatic rings. The van der Waals surface area contributed by atoms with Gasteiger partial charge in [0.2, 0.25) is 0 Å². The molecular weight excluding hydrogens is 173 g/mol. The van der Waals surface area contributed by atoms with Crippen molar-refractivity contribution in [2.24, 2.45) is 0 Å². The van der Waals surface area contributed by atoms with Gasteiger partial charge in [-0.3, -0.25) is 4.57 Å². The van der Waals surface area contributed by atoms with Gasteiger partial charge >= 0.3 is 0 Å². The molecular formula is C6H10BN3OS. The fraction of sp³-hybridized carbons (Fsp3) is 0.667. The summed E-state index contributed by atoms with van der Waals surface area (Å²) in [4.78, 5) is -1.72. The highest BCUT2D eigenvalue weighted by Crippen LogP contribution is 2.19. The Balaban J connectivity index is 3.08. The van der Waals surface area contributed by atoms with E-state index in [0.29, 0.717) is 5.82 Å². The lowest BCUT2D eigenvalue weighted by Crippen LogP contribution is -2.28. The molecule has 1 unspecified atom stereocenters. The van der Waals surface area contributed by atoms with Crippen molar-refractivity contribution in [2.75, 3.05) is 0 Å². The van der Waals surface area contributed by atoms with Crippen LogP contribution in [-0.2, 0) is 4.96 Å². The van der Waals surface area contributed by atoms with Crippen molar-refractivity contribution in [3.05, 3.63) is 12.2 Å². The van der Waals surface area contributed by atoms with Crippen LogP contribution in [0.4, 0.5) is 0 Å². The minimum Gasteiger partial charge on any atom is -0.371 e. The molecule has 0 amide bonds. The summed E-state index contributed by atoms with van der Waals surface area (Å²) in [5, 5.41) is 16.8. The molecule has 1 rings (SSSR count). The van der Waals surface area contributed by atoms with E-state index in [0.717, 1.165) is 0 Å². The smallest absolute Gasteiger partial charge is 0.160 e. The van der Waals surface area contributed by atoms with Crippen LogP contribution in [0.25, 0.3) is 0 Å². The molecule has 0 saturated carbocycles. The zero-order valence-electron chi connectivity index (χ0n) is 6.97. The topological polar surface area (TPSA) is 50.9 Å². The van der Waals surface area contributed by atoms with Crippen LogP contribution < -0.4 is 0 Å². The zero-order chi connectivity index (χ0) is 9.35. The Bertz CT molecular complexity index is 268. The fourth-order valence-electron chi connectivity index (χ4n) is 0.891. The van der Waals surface area contributed by atoms with Crippen LogP contribution in [0.3, 0.4) is 0 Å². The van der Waals surface area contributed by atoms with Crippen LogP contribution in [0, 0.1) is 0 Å². The Hall–Kier alpha value is -0.485. The number of hydrogen-bond acceptors (Lipinski definition) is 4. The van der Waals surface area contributed by atoms with Gasteiger partial charge in [-0.1, -0.05) is 13.8 Å². The molecule has 6 heteroatoms. The van der Waals surface area contributed by atoms with Crippen LogP contribution in [0.5, 0.6) is 0 Å². The van der Waals surface area contributed by atoms with Gasteiger partial charge in [-0.2, -0.15) is 0 Å². The number of hydrogen-bond donors (Lipinski definition) is 2. The van der Waals surface area contributed by atoms with E-state index in [1.54, 1.807) is 0 Å². The molecule has 12 heavy (non-hydrogen) atoms. The summed E-state index contributed by atoms with van der Waals surface area (Å²) in [6.07, 6.45) is 1.35. The first kappa shape index (κ1) is 9.60. The highest BCUT2D eigenvalue weighted by molar-refractivity contribution is 7.82. The first-order valence-corrected chi connectivity index (χ1v) is 4.01. The Morgan fingerprint density at radius 3 is 2.67 bits per heavy atom. The minimum absolute atomic E-state index is 0.148. The first-order valence-electron chi connectivity index (χ1n) is 3.57. The molecule has 64 valence electrons. The minimum atomic E-state index is -1.72. The Morgan fingerprint density at radius 2 is 2.33 bits per heavy atom. The van der Waals surface area contributed by atoms with Crippen LogP contribution in [0.15, 0.2) is 6.33 Å². The molecule has 1 aromatic rings. The SMILES string of the molecule is [B]C(O)(S)n1cnnc1C(C)C. The van der Waals surface area contributed by atoms with Crippen molar-refractivity contribution < 1.29 is 5.11 Å². The van der Waals surface area contributed by atoms with Crippen LogP contribution in [0.2, 0.25) is 0 Å². The lowest BCUT2D eigenvalue weighted by Gasteiger charge is -2.21. The molecule has 0 saturated heterocycles. The molecule has 0 spiro atoms.